The molecule has 2 atom stereocenters. The quantitative estimate of drug-likeness (QED) is 0.579. The number of hydrogen-bond acceptors (Lipinski definition) is 3. The molecule has 6 heteroatoms. The first-order chi connectivity index (χ1) is 11.5. The van der Waals surface area contributed by atoms with Crippen molar-refractivity contribution in [1.82, 2.24) is 4.90 Å². The predicted molar refractivity (Wildman–Crippen MR) is 97.9 cm³/mol. The third-order valence-electron chi connectivity index (χ3n) is 4.26. The van der Waals surface area contributed by atoms with Gasteiger partial charge < -0.3 is 14.7 Å². The van der Waals surface area contributed by atoms with E-state index in [9.17, 15) is 14.7 Å². The molecule has 0 saturated carbocycles. The highest BCUT2D eigenvalue weighted by atomic mass is 127. The molecule has 126 valence electrons. The first kappa shape index (κ1) is 17.0. The third-order valence-corrected chi connectivity index (χ3v) is 5.39. The highest BCUT2D eigenvalue weighted by Crippen LogP contribution is 2.33. The standard InChI is InChI=1S/C18H18INO4/c19-16-9-14-10-20(7-6-13(14)8-15(16)17(21)22)18(23)24-11-12-4-2-1-3-5-12/h1-5,8-9,15-16H,6-7,10-11H2,(H,21,22)/t15?,16-/m1/s1. The maximum absolute atomic E-state index is 12.3. The molecule has 24 heavy (non-hydrogen) atoms. The molecule has 0 aromatic heterocycles. The van der Waals surface area contributed by atoms with E-state index >= 15 is 0 Å². The largest absolute Gasteiger partial charge is 0.481 e. The lowest BCUT2D eigenvalue weighted by atomic mass is 9.86. The van der Waals surface area contributed by atoms with Gasteiger partial charge in [0.1, 0.15) is 6.61 Å². The summed E-state index contributed by atoms with van der Waals surface area (Å²) in [7, 11) is 0. The number of benzene rings is 1. The number of carboxylic acids is 1. The van der Waals surface area contributed by atoms with E-state index in [1.165, 1.54) is 0 Å². The molecular formula is C18H18INO4. The van der Waals surface area contributed by atoms with E-state index in [-0.39, 0.29) is 16.6 Å². The van der Waals surface area contributed by atoms with Crippen molar-refractivity contribution >= 4 is 34.7 Å². The number of aliphatic carboxylic acids is 1. The van der Waals surface area contributed by atoms with Gasteiger partial charge in [0.15, 0.2) is 0 Å². The first-order valence-corrected chi connectivity index (χ1v) is 9.03. The zero-order valence-electron chi connectivity index (χ0n) is 13.0. The zero-order chi connectivity index (χ0) is 17.1. The van der Waals surface area contributed by atoms with Crippen LogP contribution in [0.2, 0.25) is 0 Å². The zero-order valence-corrected chi connectivity index (χ0v) is 15.2. The monoisotopic (exact) mass is 439 g/mol. The molecule has 5 nitrogen and oxygen atoms in total. The van der Waals surface area contributed by atoms with Crippen molar-refractivity contribution in [2.45, 2.75) is 17.0 Å². The van der Waals surface area contributed by atoms with E-state index in [4.69, 9.17) is 4.74 Å². The number of alkyl halides is 1. The summed E-state index contributed by atoms with van der Waals surface area (Å²) in [6.07, 6.45) is 4.13. The van der Waals surface area contributed by atoms with Crippen molar-refractivity contribution in [2.24, 2.45) is 5.92 Å². The van der Waals surface area contributed by atoms with E-state index in [1.807, 2.05) is 42.5 Å². The van der Waals surface area contributed by atoms with Crippen LogP contribution in [-0.4, -0.2) is 39.1 Å². The van der Waals surface area contributed by atoms with E-state index < -0.39 is 11.9 Å². The van der Waals surface area contributed by atoms with Gasteiger partial charge in [0.2, 0.25) is 0 Å². The number of amides is 1. The molecule has 0 spiro atoms. The summed E-state index contributed by atoms with van der Waals surface area (Å²) in [5.41, 5.74) is 3.04. The molecule has 1 aromatic carbocycles. The maximum atomic E-state index is 12.3. The van der Waals surface area contributed by atoms with Gasteiger partial charge in [-0.15, -0.1) is 0 Å². The molecule has 1 fully saturated rings. The number of fused-ring (bicyclic) bond motifs is 1. The Bertz CT molecular complexity index is 698. The van der Waals surface area contributed by atoms with Crippen LogP contribution in [0.3, 0.4) is 0 Å². The molecule has 3 rings (SSSR count). The van der Waals surface area contributed by atoms with Crippen LogP contribution in [0.25, 0.3) is 0 Å². The molecule has 0 radical (unpaired) electrons. The van der Waals surface area contributed by atoms with Crippen molar-refractivity contribution in [3.8, 4) is 0 Å². The van der Waals surface area contributed by atoms with Gasteiger partial charge >= 0.3 is 12.1 Å². The predicted octanol–water partition coefficient (Wildman–Crippen LogP) is 3.40. The Morgan fingerprint density at radius 2 is 1.96 bits per heavy atom. The number of carbonyl (C=O) groups excluding carboxylic acids is 1. The van der Waals surface area contributed by atoms with Gasteiger partial charge in [0, 0.05) is 17.0 Å². The Labute approximate surface area is 154 Å². The van der Waals surface area contributed by atoms with E-state index in [1.54, 1.807) is 4.90 Å². The van der Waals surface area contributed by atoms with Crippen LogP contribution in [-0.2, 0) is 16.1 Å². The molecule has 1 amide bonds. The van der Waals surface area contributed by atoms with E-state index in [0.717, 1.165) is 16.7 Å². The van der Waals surface area contributed by atoms with Gasteiger partial charge in [-0.1, -0.05) is 65.1 Å². The minimum absolute atomic E-state index is 0.0980. The van der Waals surface area contributed by atoms with Crippen LogP contribution in [0.4, 0.5) is 4.79 Å². The average molecular weight is 439 g/mol. The van der Waals surface area contributed by atoms with Gasteiger partial charge in [-0.25, -0.2) is 4.79 Å². The first-order valence-electron chi connectivity index (χ1n) is 7.79. The Hall–Kier alpha value is -1.83. The Kier molecular flexibility index (Phi) is 5.23. The maximum Gasteiger partial charge on any atom is 0.410 e. The fraction of sp³-hybridized carbons (Fsp3) is 0.333. The van der Waals surface area contributed by atoms with Gasteiger partial charge in [0.25, 0.3) is 0 Å². The topological polar surface area (TPSA) is 66.8 Å². The Morgan fingerprint density at radius 1 is 1.21 bits per heavy atom. The van der Waals surface area contributed by atoms with Crippen LogP contribution in [0.1, 0.15) is 12.0 Å². The lowest BCUT2D eigenvalue weighted by molar-refractivity contribution is -0.139. The number of carbonyl (C=O) groups is 2. The summed E-state index contributed by atoms with van der Waals surface area (Å²) < 4.78 is 5.28. The SMILES string of the molecule is O=C(O)C1C=C2CCN(C(=O)OCc3ccccc3)CC2=C[C@H]1I. The van der Waals surface area contributed by atoms with Crippen molar-refractivity contribution in [1.29, 1.82) is 0 Å². The van der Waals surface area contributed by atoms with E-state index in [0.29, 0.717) is 19.5 Å². The molecule has 1 saturated heterocycles. The number of allylic oxidation sites excluding steroid dienone is 1. The molecule has 1 aliphatic heterocycles. The molecular weight excluding hydrogens is 421 g/mol. The third kappa shape index (κ3) is 3.80. The van der Waals surface area contributed by atoms with E-state index in [2.05, 4.69) is 22.6 Å². The van der Waals surface area contributed by atoms with Crippen molar-refractivity contribution in [2.75, 3.05) is 13.1 Å². The van der Waals surface area contributed by atoms with Gasteiger partial charge in [-0.2, -0.15) is 0 Å². The summed E-state index contributed by atoms with van der Waals surface area (Å²) in [5.74, 6) is -1.29. The molecule has 1 N–H and O–H groups in total. The lowest BCUT2D eigenvalue weighted by Crippen LogP contribution is -2.39. The summed E-state index contributed by atoms with van der Waals surface area (Å²) in [6.45, 7) is 1.29. The number of carboxylic acid groups (broad SMARTS) is 1. The average Bonchev–Trinajstić information content (AvgIpc) is 2.59. The summed E-state index contributed by atoms with van der Waals surface area (Å²) in [5, 5.41) is 9.25. The normalized spacial score (nSPS) is 23.0. The molecule has 0 bridgehead atoms. The van der Waals surface area contributed by atoms with Crippen molar-refractivity contribution in [3.63, 3.8) is 0 Å². The van der Waals surface area contributed by atoms with Crippen LogP contribution in [0.15, 0.2) is 53.6 Å². The number of rotatable bonds is 3. The minimum Gasteiger partial charge on any atom is -0.481 e. The van der Waals surface area contributed by atoms with Crippen LogP contribution >= 0.6 is 22.6 Å². The minimum atomic E-state index is -0.804. The summed E-state index contributed by atoms with van der Waals surface area (Å²) in [6, 6.07) is 9.58. The summed E-state index contributed by atoms with van der Waals surface area (Å²) >= 11 is 2.14. The fourth-order valence-corrected chi connectivity index (χ4v) is 3.88. The second kappa shape index (κ2) is 7.38. The van der Waals surface area contributed by atoms with Crippen LogP contribution in [0.5, 0.6) is 0 Å². The van der Waals surface area contributed by atoms with Gasteiger partial charge in [-0.05, 0) is 23.1 Å². The fourth-order valence-electron chi connectivity index (χ4n) is 2.93. The number of ether oxygens (including phenoxy) is 1. The van der Waals surface area contributed by atoms with Gasteiger partial charge in [-0.3, -0.25) is 4.79 Å². The number of likely N-dealkylation sites (tertiary alicyclic amines) is 1. The second-order valence-electron chi connectivity index (χ2n) is 5.90. The molecule has 1 aliphatic carbocycles. The number of nitrogens with zero attached hydrogens (tertiary/aromatic N) is 1. The number of piperidine rings is 1. The number of halogens is 1. The number of hydrogen-bond donors (Lipinski definition) is 1. The van der Waals surface area contributed by atoms with Crippen molar-refractivity contribution in [3.05, 3.63) is 59.2 Å². The summed E-state index contributed by atoms with van der Waals surface area (Å²) in [4.78, 5) is 25.2. The lowest BCUT2D eigenvalue weighted by Gasteiger charge is -2.33. The van der Waals surface area contributed by atoms with Crippen LogP contribution < -0.4 is 0 Å². The molecule has 1 heterocycles. The second-order valence-corrected chi connectivity index (χ2v) is 7.34. The molecule has 1 unspecified atom stereocenters. The van der Waals surface area contributed by atoms with Gasteiger partial charge in [0.05, 0.1) is 5.92 Å². The highest BCUT2D eigenvalue weighted by Gasteiger charge is 2.32. The molecule has 2 aliphatic rings. The van der Waals surface area contributed by atoms with Crippen LogP contribution in [0, 0.1) is 5.92 Å². The highest BCUT2D eigenvalue weighted by molar-refractivity contribution is 14.1. The molecule has 1 aromatic rings. The Balaban J connectivity index is 1.61. The van der Waals surface area contributed by atoms with Crippen molar-refractivity contribution < 1.29 is 19.4 Å². The Morgan fingerprint density at radius 3 is 2.67 bits per heavy atom. The smallest absolute Gasteiger partial charge is 0.410 e.